The molecule has 142 valence electrons. The highest BCUT2D eigenvalue weighted by molar-refractivity contribution is 7.80. The zero-order valence-electron chi connectivity index (χ0n) is 15.4. The number of nitrogens with zero attached hydrogens (tertiary/aromatic N) is 1. The Hall–Kier alpha value is -1.98. The zero-order valence-corrected chi connectivity index (χ0v) is 16.2. The summed E-state index contributed by atoms with van der Waals surface area (Å²) in [5, 5.41) is 7.60. The molecule has 2 aromatic carbocycles. The largest absolute Gasteiger partial charge is 0.360 e. The Balaban J connectivity index is 1.28. The fourth-order valence-corrected chi connectivity index (χ4v) is 4.70. The normalized spacial score (nSPS) is 24.6. The van der Waals surface area contributed by atoms with Gasteiger partial charge in [-0.25, -0.2) is 4.39 Å². The average molecular weight is 384 g/mol. The van der Waals surface area contributed by atoms with Gasteiger partial charge in [0, 0.05) is 31.2 Å². The fraction of sp³-hybridized carbons (Fsp3) is 0.409. The van der Waals surface area contributed by atoms with Gasteiger partial charge in [0.2, 0.25) is 0 Å². The Morgan fingerprint density at radius 1 is 0.963 bits per heavy atom. The summed E-state index contributed by atoms with van der Waals surface area (Å²) in [6, 6.07) is 18.8. The van der Waals surface area contributed by atoms with E-state index in [2.05, 4.69) is 27.7 Å². The van der Waals surface area contributed by atoms with Crippen LogP contribution in [0.15, 0.2) is 54.6 Å². The van der Waals surface area contributed by atoms with Crippen LogP contribution in [-0.4, -0.2) is 28.1 Å². The fourth-order valence-electron chi connectivity index (χ4n) is 4.47. The first-order chi connectivity index (χ1) is 13.2. The van der Waals surface area contributed by atoms with Crippen LogP contribution in [0.4, 0.5) is 4.39 Å². The first-order valence-corrected chi connectivity index (χ1v) is 10.2. The predicted molar refractivity (Wildman–Crippen MR) is 111 cm³/mol. The third-order valence-electron chi connectivity index (χ3n) is 5.79. The monoisotopic (exact) mass is 383 g/mol. The average Bonchev–Trinajstić information content (AvgIpc) is 2.91. The van der Waals surface area contributed by atoms with Crippen LogP contribution < -0.4 is 10.6 Å². The number of piperidine rings is 1. The van der Waals surface area contributed by atoms with Gasteiger partial charge in [-0.2, -0.15) is 0 Å². The van der Waals surface area contributed by atoms with Gasteiger partial charge in [0.25, 0.3) is 0 Å². The number of fused-ring (bicyclic) bond motifs is 2. The van der Waals surface area contributed by atoms with Gasteiger partial charge in [0.1, 0.15) is 5.82 Å². The van der Waals surface area contributed by atoms with Gasteiger partial charge < -0.3 is 10.6 Å². The van der Waals surface area contributed by atoms with E-state index in [1.54, 1.807) is 12.1 Å². The number of rotatable bonds is 5. The quantitative estimate of drug-likeness (QED) is 0.764. The molecule has 2 aliphatic heterocycles. The zero-order chi connectivity index (χ0) is 18.6. The molecule has 4 rings (SSSR count). The summed E-state index contributed by atoms with van der Waals surface area (Å²) in [6.07, 6.45) is 4.72. The second-order valence-corrected chi connectivity index (χ2v) is 8.07. The van der Waals surface area contributed by atoms with Crippen molar-refractivity contribution < 1.29 is 4.39 Å². The van der Waals surface area contributed by atoms with E-state index in [0.717, 1.165) is 31.0 Å². The molecule has 2 N–H and O–H groups in total. The Kier molecular flexibility index (Phi) is 5.69. The molecule has 0 radical (unpaired) electrons. The standard InChI is InChI=1S/C22H26FN3S/c23-18-8-6-17(7-9-18)15-26-20-10-11-21(26)13-19(12-20)25-22(27)24-14-16-4-2-1-3-5-16/h1-9,19-21H,10-15H2,(H2,24,25,27). The molecule has 0 aromatic heterocycles. The second kappa shape index (κ2) is 8.36. The van der Waals surface area contributed by atoms with Gasteiger partial charge in [-0.1, -0.05) is 42.5 Å². The summed E-state index contributed by atoms with van der Waals surface area (Å²) < 4.78 is 13.1. The van der Waals surface area contributed by atoms with E-state index in [4.69, 9.17) is 12.2 Å². The van der Waals surface area contributed by atoms with E-state index in [-0.39, 0.29) is 5.82 Å². The number of hydrogen-bond acceptors (Lipinski definition) is 2. The van der Waals surface area contributed by atoms with Crippen LogP contribution in [0, 0.1) is 5.82 Å². The summed E-state index contributed by atoms with van der Waals surface area (Å²) in [7, 11) is 0. The number of thiocarbonyl (C=S) groups is 1. The van der Waals surface area contributed by atoms with Gasteiger partial charge in [0.15, 0.2) is 5.11 Å². The molecule has 2 bridgehead atoms. The molecule has 5 heteroatoms. The highest BCUT2D eigenvalue weighted by Crippen LogP contribution is 2.36. The van der Waals surface area contributed by atoms with E-state index >= 15 is 0 Å². The number of hydrogen-bond donors (Lipinski definition) is 2. The summed E-state index contributed by atoms with van der Waals surface area (Å²) in [5.74, 6) is -0.166. The van der Waals surface area contributed by atoms with Gasteiger partial charge in [0.05, 0.1) is 0 Å². The lowest BCUT2D eigenvalue weighted by molar-refractivity contribution is 0.115. The first kappa shape index (κ1) is 18.4. The van der Waals surface area contributed by atoms with Crippen molar-refractivity contribution >= 4 is 17.3 Å². The Morgan fingerprint density at radius 2 is 1.63 bits per heavy atom. The van der Waals surface area contributed by atoms with E-state index < -0.39 is 0 Å². The third-order valence-corrected chi connectivity index (χ3v) is 6.06. The van der Waals surface area contributed by atoms with Crippen LogP contribution in [-0.2, 0) is 13.1 Å². The Morgan fingerprint density at radius 3 is 2.30 bits per heavy atom. The molecule has 0 amide bonds. The van der Waals surface area contributed by atoms with Gasteiger partial charge in [-0.3, -0.25) is 4.90 Å². The summed E-state index contributed by atoms with van der Waals surface area (Å²) in [6.45, 7) is 1.67. The summed E-state index contributed by atoms with van der Waals surface area (Å²) >= 11 is 5.51. The van der Waals surface area contributed by atoms with Crippen molar-refractivity contribution in [2.24, 2.45) is 0 Å². The second-order valence-electron chi connectivity index (χ2n) is 7.66. The molecule has 0 spiro atoms. The molecule has 2 aliphatic rings. The van der Waals surface area contributed by atoms with Crippen molar-refractivity contribution in [1.82, 2.24) is 15.5 Å². The lowest BCUT2D eigenvalue weighted by atomic mass is 9.96. The molecule has 0 aliphatic carbocycles. The minimum atomic E-state index is -0.166. The van der Waals surface area contributed by atoms with E-state index in [0.29, 0.717) is 18.1 Å². The molecule has 3 nitrogen and oxygen atoms in total. The lowest BCUT2D eigenvalue weighted by Crippen LogP contribution is -2.51. The van der Waals surface area contributed by atoms with Crippen molar-refractivity contribution in [2.45, 2.75) is 56.9 Å². The maximum atomic E-state index is 13.1. The van der Waals surface area contributed by atoms with Crippen molar-refractivity contribution in [3.63, 3.8) is 0 Å². The minimum absolute atomic E-state index is 0.166. The van der Waals surface area contributed by atoms with Crippen LogP contribution in [0.5, 0.6) is 0 Å². The van der Waals surface area contributed by atoms with E-state index in [1.807, 2.05) is 30.3 Å². The Bertz CT molecular complexity index is 751. The highest BCUT2D eigenvalue weighted by Gasteiger charge is 2.40. The smallest absolute Gasteiger partial charge is 0.166 e. The molecule has 2 fully saturated rings. The van der Waals surface area contributed by atoms with Crippen molar-refractivity contribution in [2.75, 3.05) is 0 Å². The summed E-state index contributed by atoms with van der Waals surface area (Å²) in [4.78, 5) is 2.60. The van der Waals surface area contributed by atoms with Crippen LogP contribution >= 0.6 is 12.2 Å². The summed E-state index contributed by atoms with van der Waals surface area (Å²) in [5.41, 5.74) is 2.43. The van der Waals surface area contributed by atoms with Crippen molar-refractivity contribution in [3.05, 3.63) is 71.5 Å². The Labute approximate surface area is 166 Å². The van der Waals surface area contributed by atoms with Crippen molar-refractivity contribution in [3.8, 4) is 0 Å². The van der Waals surface area contributed by atoms with Crippen LogP contribution in [0.25, 0.3) is 0 Å². The van der Waals surface area contributed by atoms with E-state index in [1.165, 1.54) is 24.0 Å². The molecule has 2 heterocycles. The van der Waals surface area contributed by atoms with Crippen LogP contribution in [0.1, 0.15) is 36.8 Å². The molecular weight excluding hydrogens is 357 g/mol. The molecule has 27 heavy (non-hydrogen) atoms. The minimum Gasteiger partial charge on any atom is -0.360 e. The molecule has 0 saturated carbocycles. The molecular formula is C22H26FN3S. The molecule has 2 atom stereocenters. The van der Waals surface area contributed by atoms with Crippen molar-refractivity contribution in [1.29, 1.82) is 0 Å². The number of halogens is 1. The first-order valence-electron chi connectivity index (χ1n) is 9.76. The topological polar surface area (TPSA) is 27.3 Å². The number of benzene rings is 2. The van der Waals surface area contributed by atoms with Gasteiger partial charge in [-0.15, -0.1) is 0 Å². The van der Waals surface area contributed by atoms with Gasteiger partial charge in [-0.05, 0) is 61.2 Å². The maximum Gasteiger partial charge on any atom is 0.166 e. The number of nitrogens with one attached hydrogen (secondary N) is 2. The van der Waals surface area contributed by atoms with Crippen LogP contribution in [0.3, 0.4) is 0 Å². The highest BCUT2D eigenvalue weighted by atomic mass is 32.1. The maximum absolute atomic E-state index is 13.1. The van der Waals surface area contributed by atoms with Gasteiger partial charge >= 0.3 is 0 Å². The molecule has 2 saturated heterocycles. The third kappa shape index (κ3) is 4.66. The molecule has 2 aromatic rings. The van der Waals surface area contributed by atoms with Crippen LogP contribution in [0.2, 0.25) is 0 Å². The predicted octanol–water partition coefficient (Wildman–Crippen LogP) is 3.99. The lowest BCUT2D eigenvalue weighted by Gasteiger charge is -2.39. The SMILES string of the molecule is Fc1ccc(CN2C3CCC2CC(NC(=S)NCc2ccccc2)C3)cc1. The van der Waals surface area contributed by atoms with E-state index in [9.17, 15) is 4.39 Å². The molecule has 2 unspecified atom stereocenters.